The first-order valence-electron chi connectivity index (χ1n) is 11.3. The third kappa shape index (κ3) is 6.04. The molecule has 1 saturated heterocycles. The van der Waals surface area contributed by atoms with E-state index in [-0.39, 0.29) is 35.0 Å². The molecule has 0 bridgehead atoms. The number of fused-ring (bicyclic) bond motifs is 1. The van der Waals surface area contributed by atoms with Crippen LogP contribution in [0, 0.1) is 5.92 Å². The Labute approximate surface area is 190 Å². The molecule has 1 aromatic carbocycles. The fraction of sp³-hybridized carbons (Fsp3) is 0.609. The van der Waals surface area contributed by atoms with Gasteiger partial charge in [0.2, 0.25) is 5.91 Å². The Balaban J connectivity index is 1.73. The summed E-state index contributed by atoms with van der Waals surface area (Å²) in [7, 11) is 0. The first-order chi connectivity index (χ1) is 15.6. The average Bonchev–Trinajstić information content (AvgIpc) is 2.97. The molecule has 0 spiro atoms. The number of benzene rings is 1. The monoisotopic (exact) mass is 469 g/mol. The molecule has 3 rings (SSSR count). The number of phenols is 1. The van der Waals surface area contributed by atoms with Gasteiger partial charge < -0.3 is 20.5 Å². The maximum absolute atomic E-state index is 13.2. The van der Waals surface area contributed by atoms with Crippen LogP contribution in [0.2, 0.25) is 0 Å². The Morgan fingerprint density at radius 2 is 1.94 bits per heavy atom. The number of hydrogen-bond acceptors (Lipinski definition) is 6. The number of halogens is 3. The van der Waals surface area contributed by atoms with E-state index in [4.69, 9.17) is 0 Å². The summed E-state index contributed by atoms with van der Waals surface area (Å²) >= 11 is 0. The molecule has 2 aliphatic heterocycles. The van der Waals surface area contributed by atoms with Gasteiger partial charge in [-0.05, 0) is 80.7 Å². The molecule has 0 radical (unpaired) electrons. The van der Waals surface area contributed by atoms with Crippen molar-refractivity contribution in [3.8, 4) is 5.75 Å². The summed E-state index contributed by atoms with van der Waals surface area (Å²) in [6.45, 7) is 3.22. The Morgan fingerprint density at radius 3 is 2.55 bits per heavy atom. The number of rotatable bonds is 6. The number of nitrogens with zero attached hydrogens (tertiary/aromatic N) is 2. The van der Waals surface area contributed by atoms with E-state index in [1.807, 2.05) is 4.90 Å². The molecule has 2 heterocycles. The van der Waals surface area contributed by atoms with Gasteiger partial charge in [-0.15, -0.1) is 0 Å². The highest BCUT2D eigenvalue weighted by Gasteiger charge is 2.45. The van der Waals surface area contributed by atoms with Crippen molar-refractivity contribution in [1.82, 2.24) is 10.2 Å². The van der Waals surface area contributed by atoms with Gasteiger partial charge in [-0.2, -0.15) is 13.2 Å². The molecule has 1 amide bonds. The number of aryl methyl sites for hydroxylation is 1. The van der Waals surface area contributed by atoms with Gasteiger partial charge in [0.05, 0.1) is 5.71 Å². The number of Topliss-reactive ketones (excluding diaryl/α,β-unsaturated/α-hetero) is 1. The number of aromatic hydroxyl groups is 1. The van der Waals surface area contributed by atoms with Crippen molar-refractivity contribution in [2.45, 2.75) is 64.1 Å². The van der Waals surface area contributed by atoms with Crippen LogP contribution in [-0.2, 0) is 16.0 Å². The Kier molecular flexibility index (Phi) is 7.99. The number of alkyl halides is 3. The van der Waals surface area contributed by atoms with Crippen LogP contribution in [0.1, 0.15) is 68.2 Å². The second-order valence-corrected chi connectivity index (χ2v) is 8.81. The van der Waals surface area contributed by atoms with Gasteiger partial charge >= 0.3 is 6.18 Å². The SMILES string of the molecule is CC(=O)N1CCC(CCCC(=NO)c2cc3c(cc2O)CCCNC3C(=O)C(F)(F)F)CC1. The van der Waals surface area contributed by atoms with Crippen LogP contribution >= 0.6 is 0 Å². The first kappa shape index (κ1) is 25.0. The fourth-order valence-electron chi connectivity index (χ4n) is 4.73. The van der Waals surface area contributed by atoms with Gasteiger partial charge in [0.1, 0.15) is 11.8 Å². The highest BCUT2D eigenvalue weighted by atomic mass is 19.4. The predicted octanol–water partition coefficient (Wildman–Crippen LogP) is 3.71. The summed E-state index contributed by atoms with van der Waals surface area (Å²) in [6, 6.07) is 1.16. The van der Waals surface area contributed by atoms with Crippen molar-refractivity contribution in [2.75, 3.05) is 19.6 Å². The van der Waals surface area contributed by atoms with E-state index in [1.165, 1.54) is 12.1 Å². The highest BCUT2D eigenvalue weighted by molar-refractivity contribution is 6.03. The van der Waals surface area contributed by atoms with E-state index in [1.54, 1.807) is 6.92 Å². The second kappa shape index (κ2) is 10.5. The molecule has 0 aromatic heterocycles. The average molecular weight is 470 g/mol. The van der Waals surface area contributed by atoms with E-state index >= 15 is 0 Å². The predicted molar refractivity (Wildman–Crippen MR) is 115 cm³/mol. The summed E-state index contributed by atoms with van der Waals surface area (Å²) < 4.78 is 39.5. The normalized spacial score (nSPS) is 20.3. The summed E-state index contributed by atoms with van der Waals surface area (Å²) in [5, 5.41) is 26.1. The van der Waals surface area contributed by atoms with Crippen molar-refractivity contribution in [3.63, 3.8) is 0 Å². The number of carbonyl (C=O) groups is 2. The van der Waals surface area contributed by atoms with Crippen LogP contribution in [0.15, 0.2) is 17.3 Å². The highest BCUT2D eigenvalue weighted by Crippen LogP contribution is 2.35. The summed E-state index contributed by atoms with van der Waals surface area (Å²) in [6.07, 6.45) is -0.454. The van der Waals surface area contributed by atoms with E-state index in [2.05, 4.69) is 10.5 Å². The van der Waals surface area contributed by atoms with E-state index in [0.29, 0.717) is 50.3 Å². The third-order valence-corrected chi connectivity index (χ3v) is 6.60. The zero-order valence-electron chi connectivity index (χ0n) is 18.6. The van der Waals surface area contributed by atoms with Crippen molar-refractivity contribution in [2.24, 2.45) is 11.1 Å². The summed E-state index contributed by atoms with van der Waals surface area (Å²) in [4.78, 5) is 25.3. The van der Waals surface area contributed by atoms with Crippen LogP contribution < -0.4 is 5.32 Å². The van der Waals surface area contributed by atoms with Crippen molar-refractivity contribution in [1.29, 1.82) is 0 Å². The molecule has 1 atom stereocenters. The smallest absolute Gasteiger partial charge is 0.452 e. The fourth-order valence-corrected chi connectivity index (χ4v) is 4.73. The number of amides is 1. The van der Waals surface area contributed by atoms with E-state index < -0.39 is 18.0 Å². The van der Waals surface area contributed by atoms with E-state index in [0.717, 1.165) is 19.3 Å². The molecule has 3 N–H and O–H groups in total. The standard InChI is InChI=1S/C23H30F3N3O4/c1-14(30)29-10-7-15(8-11-29)4-2-6-19(28-33)18-13-17-16(12-20(18)31)5-3-9-27-21(17)22(32)23(24,25)26/h12-13,15,21,27,31,33H,2-11H2,1H3. The first-order valence-corrected chi connectivity index (χ1v) is 11.3. The van der Waals surface area contributed by atoms with Gasteiger partial charge in [-0.3, -0.25) is 9.59 Å². The number of hydrogen-bond donors (Lipinski definition) is 3. The van der Waals surface area contributed by atoms with Gasteiger partial charge in [-0.1, -0.05) is 5.16 Å². The maximum Gasteiger partial charge on any atom is 0.452 e. The minimum absolute atomic E-state index is 0.0682. The molecule has 0 saturated carbocycles. The quantitative estimate of drug-likeness (QED) is 0.335. The maximum atomic E-state index is 13.2. The number of likely N-dealkylation sites (tertiary alicyclic amines) is 1. The van der Waals surface area contributed by atoms with E-state index in [9.17, 15) is 33.1 Å². The lowest BCUT2D eigenvalue weighted by Crippen LogP contribution is -2.37. The molecule has 33 heavy (non-hydrogen) atoms. The number of nitrogens with one attached hydrogen (secondary N) is 1. The lowest BCUT2D eigenvalue weighted by Gasteiger charge is -2.31. The Hall–Kier alpha value is -2.62. The number of piperidine rings is 1. The van der Waals surface area contributed by atoms with Crippen molar-refractivity contribution >= 4 is 17.4 Å². The molecule has 182 valence electrons. The largest absolute Gasteiger partial charge is 0.507 e. The van der Waals surface area contributed by atoms with Crippen molar-refractivity contribution < 1.29 is 33.1 Å². The van der Waals surface area contributed by atoms with Crippen LogP contribution in [0.25, 0.3) is 0 Å². The molecule has 10 heteroatoms. The number of oxime groups is 1. The molecular formula is C23H30F3N3O4. The summed E-state index contributed by atoms with van der Waals surface area (Å²) in [5.74, 6) is -1.57. The lowest BCUT2D eigenvalue weighted by molar-refractivity contribution is -0.173. The molecule has 0 aliphatic carbocycles. The van der Waals surface area contributed by atoms with Crippen LogP contribution in [0.3, 0.4) is 0 Å². The van der Waals surface area contributed by atoms with Gasteiger partial charge in [-0.25, -0.2) is 0 Å². The van der Waals surface area contributed by atoms with Crippen LogP contribution in [0.5, 0.6) is 5.75 Å². The van der Waals surface area contributed by atoms with Gasteiger partial charge in [0, 0.05) is 25.6 Å². The number of ketones is 1. The minimum atomic E-state index is -5.00. The minimum Gasteiger partial charge on any atom is -0.507 e. The number of phenolic OH excluding ortho intramolecular Hbond substituents is 1. The summed E-state index contributed by atoms with van der Waals surface area (Å²) in [5.41, 5.74) is 0.920. The molecule has 1 aromatic rings. The molecule has 1 fully saturated rings. The Morgan fingerprint density at radius 1 is 1.24 bits per heavy atom. The second-order valence-electron chi connectivity index (χ2n) is 8.81. The molecule has 1 unspecified atom stereocenters. The Bertz CT molecular complexity index is 909. The zero-order valence-corrected chi connectivity index (χ0v) is 18.6. The lowest BCUT2D eigenvalue weighted by atomic mass is 9.89. The number of carbonyl (C=O) groups excluding carboxylic acids is 2. The topological polar surface area (TPSA) is 102 Å². The molecule has 2 aliphatic rings. The van der Waals surface area contributed by atoms with Gasteiger partial charge in [0.15, 0.2) is 0 Å². The molecule has 7 nitrogen and oxygen atoms in total. The zero-order chi connectivity index (χ0) is 24.2. The molecular weight excluding hydrogens is 439 g/mol. The van der Waals surface area contributed by atoms with Crippen molar-refractivity contribution in [3.05, 3.63) is 28.8 Å². The third-order valence-electron chi connectivity index (χ3n) is 6.60. The van der Waals surface area contributed by atoms with Crippen LogP contribution in [0.4, 0.5) is 13.2 Å². The van der Waals surface area contributed by atoms with Gasteiger partial charge in [0.25, 0.3) is 5.78 Å². The van der Waals surface area contributed by atoms with Crippen LogP contribution in [-0.4, -0.2) is 58.4 Å².